The van der Waals surface area contributed by atoms with E-state index in [0.717, 1.165) is 11.1 Å². The normalized spacial score (nSPS) is 15.3. The number of amides is 1. The molecular weight excluding hydrogens is 437 g/mol. The zero-order valence-electron chi connectivity index (χ0n) is 20.6. The van der Waals surface area contributed by atoms with E-state index < -0.39 is 7.60 Å². The van der Waals surface area contributed by atoms with Gasteiger partial charge >= 0.3 is 7.60 Å². The summed E-state index contributed by atoms with van der Waals surface area (Å²) in [6.07, 6.45) is -0.343. The molecule has 3 rings (SSSR count). The molecule has 0 aromatic heterocycles. The van der Waals surface area contributed by atoms with Gasteiger partial charge in [0.1, 0.15) is 11.5 Å². The summed E-state index contributed by atoms with van der Waals surface area (Å²) in [5, 5.41) is 0. The van der Waals surface area contributed by atoms with Gasteiger partial charge in [0.05, 0.1) is 13.2 Å². The fourth-order valence-corrected chi connectivity index (χ4v) is 5.41. The lowest BCUT2D eigenvalue weighted by Crippen LogP contribution is -2.42. The maximum absolute atomic E-state index is 14.2. The van der Waals surface area contributed by atoms with Crippen LogP contribution in [0, 0.1) is 0 Å². The summed E-state index contributed by atoms with van der Waals surface area (Å²) >= 11 is 0. The topological polar surface area (TPSA) is 65.1 Å². The highest BCUT2D eigenvalue weighted by molar-refractivity contribution is 7.55. The number of morpholine rings is 1. The van der Waals surface area contributed by atoms with Gasteiger partial charge in [-0.05, 0) is 23.0 Å². The number of hydrogen-bond donors (Lipinski definition) is 0. The molecule has 1 amide bonds. The molecule has 1 fully saturated rings. The van der Waals surface area contributed by atoms with Crippen molar-refractivity contribution >= 4 is 13.5 Å². The van der Waals surface area contributed by atoms with Crippen LogP contribution < -0.4 is 9.05 Å². The third-order valence-corrected chi connectivity index (χ3v) is 7.17. The fraction of sp³-hybridized carbons (Fsp3) is 0.500. The van der Waals surface area contributed by atoms with Crippen molar-refractivity contribution in [1.82, 2.24) is 4.90 Å². The molecule has 1 heterocycles. The Kier molecular flexibility index (Phi) is 7.60. The maximum atomic E-state index is 14.2. The zero-order valence-corrected chi connectivity index (χ0v) is 21.5. The second-order valence-electron chi connectivity index (χ2n) is 10.4. The first-order chi connectivity index (χ1) is 15.4. The Morgan fingerprint density at radius 3 is 1.70 bits per heavy atom. The summed E-state index contributed by atoms with van der Waals surface area (Å²) < 4.78 is 31.9. The summed E-state index contributed by atoms with van der Waals surface area (Å²) in [6, 6.07) is 15.0. The SMILES string of the molecule is CC(C)(C)c1ccccc1OP(=O)(CC(=O)N1CCOCC1)Oc1ccccc1C(C)(C)C. The lowest BCUT2D eigenvalue weighted by Gasteiger charge is -2.30. The summed E-state index contributed by atoms with van der Waals surface area (Å²) in [5.74, 6) is 0.677. The van der Waals surface area contributed by atoms with E-state index in [2.05, 4.69) is 41.5 Å². The average molecular weight is 474 g/mol. The van der Waals surface area contributed by atoms with Gasteiger partial charge in [-0.3, -0.25) is 4.79 Å². The molecule has 0 spiro atoms. The third kappa shape index (κ3) is 6.61. The first kappa shape index (κ1) is 25.3. The van der Waals surface area contributed by atoms with E-state index in [-0.39, 0.29) is 22.9 Å². The number of benzene rings is 2. The summed E-state index contributed by atoms with van der Waals surface area (Å²) in [6.45, 7) is 14.3. The van der Waals surface area contributed by atoms with Crippen molar-refractivity contribution in [1.29, 1.82) is 0 Å². The minimum absolute atomic E-state index is 0.237. The molecule has 7 heteroatoms. The Labute approximate surface area is 197 Å². The van der Waals surface area contributed by atoms with Crippen LogP contribution in [0.2, 0.25) is 0 Å². The van der Waals surface area contributed by atoms with E-state index in [1.807, 2.05) is 36.4 Å². The van der Waals surface area contributed by atoms with Gasteiger partial charge in [-0.15, -0.1) is 0 Å². The second kappa shape index (κ2) is 9.90. The van der Waals surface area contributed by atoms with Crippen molar-refractivity contribution in [2.45, 2.75) is 52.4 Å². The minimum Gasteiger partial charge on any atom is -0.415 e. The van der Waals surface area contributed by atoms with Crippen molar-refractivity contribution in [3.63, 3.8) is 0 Å². The quantitative estimate of drug-likeness (QED) is 0.497. The highest BCUT2D eigenvalue weighted by atomic mass is 31.2. The number of ether oxygens (including phenoxy) is 1. The molecular formula is C26H36NO5P. The lowest BCUT2D eigenvalue weighted by atomic mass is 9.86. The first-order valence-corrected chi connectivity index (χ1v) is 13.1. The molecule has 0 bridgehead atoms. The summed E-state index contributed by atoms with van der Waals surface area (Å²) in [7, 11) is -3.91. The molecule has 0 aliphatic carbocycles. The van der Waals surface area contributed by atoms with Crippen LogP contribution in [-0.2, 0) is 24.9 Å². The van der Waals surface area contributed by atoms with Gasteiger partial charge in [0, 0.05) is 24.2 Å². The van der Waals surface area contributed by atoms with Gasteiger partial charge in [0.25, 0.3) is 0 Å². The zero-order chi connectivity index (χ0) is 24.3. The summed E-state index contributed by atoms with van der Waals surface area (Å²) in [4.78, 5) is 14.8. The van der Waals surface area contributed by atoms with Crippen molar-refractivity contribution in [3.05, 3.63) is 59.7 Å². The van der Waals surface area contributed by atoms with E-state index >= 15 is 0 Å². The molecule has 0 saturated carbocycles. The Morgan fingerprint density at radius 2 is 1.27 bits per heavy atom. The predicted octanol–water partition coefficient (Wildman–Crippen LogP) is 5.79. The average Bonchev–Trinajstić information content (AvgIpc) is 2.73. The molecule has 33 heavy (non-hydrogen) atoms. The molecule has 0 atom stereocenters. The Bertz CT molecular complexity index is 952. The summed E-state index contributed by atoms with van der Waals surface area (Å²) in [5.41, 5.74) is 1.33. The first-order valence-electron chi connectivity index (χ1n) is 11.4. The number of hydrogen-bond acceptors (Lipinski definition) is 5. The number of nitrogens with zero attached hydrogens (tertiary/aromatic N) is 1. The van der Waals surface area contributed by atoms with Crippen LogP contribution in [0.5, 0.6) is 11.5 Å². The largest absolute Gasteiger partial charge is 0.440 e. The van der Waals surface area contributed by atoms with E-state index in [4.69, 9.17) is 13.8 Å². The van der Waals surface area contributed by atoms with E-state index in [0.29, 0.717) is 37.8 Å². The molecule has 1 saturated heterocycles. The molecule has 2 aromatic rings. The molecule has 1 aliphatic heterocycles. The smallest absolute Gasteiger partial charge is 0.415 e. The maximum Gasteiger partial charge on any atom is 0.440 e. The van der Waals surface area contributed by atoms with Crippen LogP contribution >= 0.6 is 7.60 Å². The van der Waals surface area contributed by atoms with Crippen molar-refractivity contribution in [2.75, 3.05) is 32.5 Å². The molecule has 0 radical (unpaired) electrons. The molecule has 6 nitrogen and oxygen atoms in total. The highest BCUT2D eigenvalue weighted by Gasteiger charge is 2.37. The van der Waals surface area contributed by atoms with Crippen LogP contribution in [-0.4, -0.2) is 43.3 Å². The minimum atomic E-state index is -3.91. The van der Waals surface area contributed by atoms with Crippen molar-refractivity contribution in [2.24, 2.45) is 0 Å². The van der Waals surface area contributed by atoms with E-state index in [1.165, 1.54) is 0 Å². The van der Waals surface area contributed by atoms with Gasteiger partial charge in [-0.25, -0.2) is 4.57 Å². The monoisotopic (exact) mass is 473 g/mol. The molecule has 2 aromatic carbocycles. The fourth-order valence-electron chi connectivity index (χ4n) is 3.79. The van der Waals surface area contributed by atoms with Gasteiger partial charge in [0.15, 0.2) is 6.16 Å². The van der Waals surface area contributed by atoms with Crippen LogP contribution in [0.4, 0.5) is 0 Å². The van der Waals surface area contributed by atoms with Gasteiger partial charge < -0.3 is 18.7 Å². The van der Waals surface area contributed by atoms with E-state index in [9.17, 15) is 9.36 Å². The number of carbonyl (C=O) groups excluding carboxylic acids is 1. The van der Waals surface area contributed by atoms with Crippen LogP contribution in [0.1, 0.15) is 52.7 Å². The number of rotatable bonds is 6. The van der Waals surface area contributed by atoms with E-state index in [1.54, 1.807) is 17.0 Å². The van der Waals surface area contributed by atoms with Gasteiger partial charge in [-0.1, -0.05) is 77.9 Å². The van der Waals surface area contributed by atoms with Crippen LogP contribution in [0.25, 0.3) is 0 Å². The molecule has 1 aliphatic rings. The molecule has 180 valence electrons. The predicted molar refractivity (Wildman–Crippen MR) is 131 cm³/mol. The van der Waals surface area contributed by atoms with Crippen molar-refractivity contribution < 1.29 is 23.1 Å². The standard InChI is InChI=1S/C26H36NO5P/c1-25(2,3)20-11-7-9-13-22(20)31-33(29,19-24(28)27-15-17-30-18-16-27)32-23-14-10-8-12-21(23)26(4,5)6/h7-14H,15-19H2,1-6H3. The number of para-hydroxylation sites is 2. The highest BCUT2D eigenvalue weighted by Crippen LogP contribution is 2.52. The molecule has 0 unspecified atom stereocenters. The van der Waals surface area contributed by atoms with Crippen molar-refractivity contribution in [3.8, 4) is 11.5 Å². The van der Waals surface area contributed by atoms with Crippen LogP contribution in [0.3, 0.4) is 0 Å². The Balaban J connectivity index is 1.99. The van der Waals surface area contributed by atoms with Gasteiger partial charge in [-0.2, -0.15) is 0 Å². The second-order valence-corrected chi connectivity index (χ2v) is 12.3. The number of carbonyl (C=O) groups is 1. The Morgan fingerprint density at radius 1 is 0.848 bits per heavy atom. The molecule has 0 N–H and O–H groups in total. The van der Waals surface area contributed by atoms with Gasteiger partial charge in [0.2, 0.25) is 5.91 Å². The lowest BCUT2D eigenvalue weighted by molar-refractivity contribution is -0.132. The van der Waals surface area contributed by atoms with Crippen LogP contribution in [0.15, 0.2) is 48.5 Å². The third-order valence-electron chi connectivity index (χ3n) is 5.56. The Hall–Kier alpha value is -2.30.